The first-order valence-electron chi connectivity index (χ1n) is 3.31. The van der Waals surface area contributed by atoms with Crippen LogP contribution in [0.1, 0.15) is 13.8 Å². The van der Waals surface area contributed by atoms with E-state index in [4.69, 9.17) is 19.6 Å². The maximum Gasteiger partial charge on any atom is 0.353 e. The molecule has 0 heterocycles. The Kier molecular flexibility index (Phi) is 4.23. The second-order valence-electron chi connectivity index (χ2n) is 2.45. The zero-order valence-electron chi connectivity index (χ0n) is 7.12. The molecule has 0 aliphatic carbocycles. The van der Waals surface area contributed by atoms with Gasteiger partial charge in [-0.15, -0.1) is 11.8 Å². The lowest BCUT2D eigenvalue weighted by atomic mass is 10.9. The number of hydrogen-bond donors (Lipinski definition) is 4. The van der Waals surface area contributed by atoms with Gasteiger partial charge in [-0.2, -0.15) is 0 Å². The van der Waals surface area contributed by atoms with Crippen molar-refractivity contribution in [2.75, 3.05) is 5.75 Å². The molecule has 0 atom stereocenters. The maximum absolute atomic E-state index is 10.9. The lowest BCUT2D eigenvalue weighted by Gasteiger charge is -2.29. The van der Waals surface area contributed by atoms with Gasteiger partial charge < -0.3 is 19.6 Å². The van der Waals surface area contributed by atoms with Crippen LogP contribution in [0.4, 0.5) is 0 Å². The molecule has 0 aliphatic rings. The fraction of sp³-hybridized carbons (Fsp3) is 1.00. The van der Waals surface area contributed by atoms with Crippen molar-refractivity contribution >= 4 is 27.0 Å². The van der Waals surface area contributed by atoms with E-state index in [2.05, 4.69) is 0 Å². The SMILES string of the molecule is CCSC(C)(P(=O)(O)O)P(=O)(O)O. The van der Waals surface area contributed by atoms with E-state index in [0.717, 1.165) is 6.92 Å². The molecule has 13 heavy (non-hydrogen) atoms. The molecule has 0 radical (unpaired) electrons. The molecule has 0 aromatic rings. The Hall–Kier alpha value is 0.650. The van der Waals surface area contributed by atoms with E-state index in [9.17, 15) is 9.13 Å². The lowest BCUT2D eigenvalue weighted by Crippen LogP contribution is -2.20. The van der Waals surface area contributed by atoms with Crippen LogP contribution in [0.2, 0.25) is 0 Å². The van der Waals surface area contributed by atoms with E-state index in [1.165, 1.54) is 0 Å². The van der Waals surface area contributed by atoms with Gasteiger partial charge in [0.05, 0.1) is 0 Å². The molecule has 0 spiro atoms. The Balaban J connectivity index is 5.22. The summed E-state index contributed by atoms with van der Waals surface area (Å²) < 4.78 is 19.4. The zero-order chi connectivity index (χ0) is 10.9. The van der Waals surface area contributed by atoms with Crippen LogP contribution < -0.4 is 0 Å². The third kappa shape index (κ3) is 2.80. The average Bonchev–Trinajstić information content (AvgIpc) is 1.82. The van der Waals surface area contributed by atoms with Crippen molar-refractivity contribution in [2.45, 2.75) is 18.1 Å². The Morgan fingerprint density at radius 2 is 1.46 bits per heavy atom. The van der Waals surface area contributed by atoms with Crippen molar-refractivity contribution in [2.24, 2.45) is 0 Å². The maximum atomic E-state index is 10.9. The van der Waals surface area contributed by atoms with Gasteiger partial charge in [0.25, 0.3) is 0 Å². The van der Waals surface area contributed by atoms with Crippen molar-refractivity contribution in [1.82, 2.24) is 0 Å². The van der Waals surface area contributed by atoms with Crippen molar-refractivity contribution in [1.29, 1.82) is 0 Å². The molecule has 0 aliphatic heterocycles. The monoisotopic (exact) mass is 250 g/mol. The molecule has 0 amide bonds. The van der Waals surface area contributed by atoms with Crippen molar-refractivity contribution in [3.63, 3.8) is 0 Å². The van der Waals surface area contributed by atoms with Gasteiger partial charge >= 0.3 is 15.2 Å². The Bertz CT molecular complexity index is 244. The van der Waals surface area contributed by atoms with Crippen molar-refractivity contribution in [3.8, 4) is 0 Å². The predicted molar refractivity (Wildman–Crippen MR) is 50.6 cm³/mol. The summed E-state index contributed by atoms with van der Waals surface area (Å²) in [6.07, 6.45) is 0. The van der Waals surface area contributed by atoms with Gasteiger partial charge in [-0.1, -0.05) is 6.92 Å². The smallest absolute Gasteiger partial charge is 0.323 e. The molecule has 0 aromatic heterocycles. The normalized spacial score (nSPS) is 14.6. The minimum Gasteiger partial charge on any atom is -0.323 e. The van der Waals surface area contributed by atoms with Crippen LogP contribution in [0.15, 0.2) is 0 Å². The molecule has 6 nitrogen and oxygen atoms in total. The summed E-state index contributed by atoms with van der Waals surface area (Å²) in [4.78, 5) is 35.2. The second-order valence-corrected chi connectivity index (χ2v) is 9.06. The van der Waals surface area contributed by atoms with Crippen LogP contribution in [0, 0.1) is 0 Å². The summed E-state index contributed by atoms with van der Waals surface area (Å²) in [5, 5.41) is 0. The number of rotatable bonds is 4. The van der Waals surface area contributed by atoms with E-state index < -0.39 is 19.4 Å². The molecule has 0 rings (SSSR count). The molecule has 4 N–H and O–H groups in total. The highest BCUT2D eigenvalue weighted by molar-refractivity contribution is 8.13. The first kappa shape index (κ1) is 13.7. The summed E-state index contributed by atoms with van der Waals surface area (Å²) >= 11 is 0.566. The Morgan fingerprint density at radius 3 is 1.54 bits per heavy atom. The predicted octanol–water partition coefficient (Wildman–Crippen LogP) is 0.769. The number of hydrogen-bond acceptors (Lipinski definition) is 3. The Labute approximate surface area is 80.1 Å². The second kappa shape index (κ2) is 4.03. The van der Waals surface area contributed by atoms with E-state index >= 15 is 0 Å². The average molecular weight is 250 g/mol. The zero-order valence-corrected chi connectivity index (χ0v) is 9.72. The van der Waals surface area contributed by atoms with Gasteiger partial charge in [0, 0.05) is 0 Å². The van der Waals surface area contributed by atoms with Crippen LogP contribution in [-0.2, 0) is 9.13 Å². The third-order valence-electron chi connectivity index (χ3n) is 1.50. The molecular formula is C4H12O6P2S. The van der Waals surface area contributed by atoms with E-state index in [0.29, 0.717) is 11.8 Å². The Morgan fingerprint density at radius 1 is 1.15 bits per heavy atom. The van der Waals surface area contributed by atoms with Gasteiger partial charge in [-0.05, 0) is 12.7 Å². The van der Waals surface area contributed by atoms with Crippen LogP contribution >= 0.6 is 27.0 Å². The summed E-state index contributed by atoms with van der Waals surface area (Å²) in [5.74, 6) is 0.215. The third-order valence-corrected chi connectivity index (χ3v) is 8.26. The summed E-state index contributed by atoms with van der Waals surface area (Å²) in [6, 6.07) is 0. The quantitative estimate of drug-likeness (QED) is 0.544. The highest BCUT2D eigenvalue weighted by Crippen LogP contribution is 2.73. The van der Waals surface area contributed by atoms with E-state index in [1.54, 1.807) is 6.92 Å². The van der Waals surface area contributed by atoms with Gasteiger partial charge in [0.15, 0.2) is 0 Å². The van der Waals surface area contributed by atoms with Gasteiger partial charge in [0.1, 0.15) is 0 Å². The van der Waals surface area contributed by atoms with Crippen LogP contribution in [0.5, 0.6) is 0 Å². The molecule has 0 bridgehead atoms. The molecule has 0 fully saturated rings. The highest BCUT2D eigenvalue weighted by Gasteiger charge is 2.56. The van der Waals surface area contributed by atoms with Crippen LogP contribution in [0.3, 0.4) is 0 Å². The molecular weight excluding hydrogens is 238 g/mol. The van der Waals surface area contributed by atoms with Crippen LogP contribution in [0.25, 0.3) is 0 Å². The van der Waals surface area contributed by atoms with E-state index in [1.807, 2.05) is 0 Å². The topological polar surface area (TPSA) is 115 Å². The lowest BCUT2D eigenvalue weighted by molar-refractivity contribution is 0.336. The highest BCUT2D eigenvalue weighted by atomic mass is 32.2. The molecule has 0 aromatic carbocycles. The van der Waals surface area contributed by atoms with Gasteiger partial charge in [-0.25, -0.2) is 0 Å². The molecule has 80 valence electrons. The van der Waals surface area contributed by atoms with Crippen molar-refractivity contribution in [3.05, 3.63) is 0 Å². The summed E-state index contributed by atoms with van der Waals surface area (Å²) in [5.41, 5.74) is 0. The fourth-order valence-corrected chi connectivity index (χ4v) is 4.64. The van der Waals surface area contributed by atoms with Gasteiger partial charge in [0.2, 0.25) is 4.23 Å². The molecule has 0 saturated heterocycles. The number of thioether (sulfide) groups is 1. The van der Waals surface area contributed by atoms with Crippen LogP contribution in [-0.4, -0.2) is 29.6 Å². The standard InChI is InChI=1S/C4H12O6P2S/c1-3-13-4(2,11(5,6)7)12(8,9)10/h3H2,1-2H3,(H2,5,6,7)(H2,8,9,10). The minimum atomic E-state index is -4.83. The first-order valence-corrected chi connectivity index (χ1v) is 7.52. The van der Waals surface area contributed by atoms with E-state index in [-0.39, 0.29) is 5.75 Å². The minimum absolute atomic E-state index is 0.215. The van der Waals surface area contributed by atoms with Gasteiger partial charge in [-0.3, -0.25) is 9.13 Å². The summed E-state index contributed by atoms with van der Waals surface area (Å²) in [6.45, 7) is 2.44. The molecule has 9 heteroatoms. The molecule has 0 saturated carbocycles. The fourth-order valence-electron chi connectivity index (χ4n) is 0.611. The first-order chi connectivity index (χ1) is 5.56. The summed E-state index contributed by atoms with van der Waals surface area (Å²) in [7, 11) is -9.65. The largest absolute Gasteiger partial charge is 0.353 e. The molecule has 0 unspecified atom stereocenters. The van der Waals surface area contributed by atoms with Crippen molar-refractivity contribution < 1.29 is 28.7 Å².